The fourth-order valence-corrected chi connectivity index (χ4v) is 3.04. The van der Waals surface area contributed by atoms with Gasteiger partial charge in [-0.05, 0) is 12.1 Å². The number of halogens is 1. The molecule has 2 rings (SSSR count). The lowest BCUT2D eigenvalue weighted by atomic mass is 10.2. The van der Waals surface area contributed by atoms with Gasteiger partial charge in [-0.25, -0.2) is 13.2 Å². The number of benzene rings is 1. The van der Waals surface area contributed by atoms with Crippen LogP contribution < -0.4 is 10.2 Å². The predicted octanol–water partition coefficient (Wildman–Crippen LogP) is 1.22. The molecule has 0 bridgehead atoms. The van der Waals surface area contributed by atoms with Gasteiger partial charge in [0, 0.05) is 39.0 Å². The molecule has 0 spiro atoms. The molecular formula is C14H20ClN3O3S. The Morgan fingerprint density at radius 2 is 1.86 bits per heavy atom. The monoisotopic (exact) mass is 345 g/mol. The minimum absolute atomic E-state index is 0.0433. The fraction of sp³-hybridized carbons (Fsp3) is 0.500. The summed E-state index contributed by atoms with van der Waals surface area (Å²) < 4.78 is 22.1. The van der Waals surface area contributed by atoms with Gasteiger partial charge in [0.25, 0.3) is 0 Å². The Kier molecular flexibility index (Phi) is 5.52. The SMILES string of the molecule is CS(=O)(=O)CCNC(=O)N1CCN(c2ccccc2Cl)CC1. The molecule has 22 heavy (non-hydrogen) atoms. The van der Waals surface area contributed by atoms with Crippen LogP contribution in [0.2, 0.25) is 5.02 Å². The van der Waals surface area contributed by atoms with Gasteiger partial charge in [-0.2, -0.15) is 0 Å². The summed E-state index contributed by atoms with van der Waals surface area (Å²) in [5, 5.41) is 3.34. The molecule has 1 heterocycles. The molecule has 0 saturated carbocycles. The van der Waals surface area contributed by atoms with Crippen LogP contribution in [0.15, 0.2) is 24.3 Å². The minimum atomic E-state index is -3.06. The zero-order valence-corrected chi connectivity index (χ0v) is 14.0. The van der Waals surface area contributed by atoms with Crippen LogP contribution >= 0.6 is 11.6 Å². The molecule has 0 aliphatic carbocycles. The number of piperazine rings is 1. The van der Waals surface area contributed by atoms with Crippen molar-refractivity contribution < 1.29 is 13.2 Å². The van der Waals surface area contributed by atoms with Crippen molar-refractivity contribution in [1.29, 1.82) is 0 Å². The lowest BCUT2D eigenvalue weighted by molar-refractivity contribution is 0.195. The largest absolute Gasteiger partial charge is 0.367 e. The quantitative estimate of drug-likeness (QED) is 0.890. The van der Waals surface area contributed by atoms with Crippen molar-refractivity contribution in [2.75, 3.05) is 49.6 Å². The first-order chi connectivity index (χ1) is 10.4. The van der Waals surface area contributed by atoms with E-state index < -0.39 is 9.84 Å². The number of carbonyl (C=O) groups excluding carboxylic acids is 1. The van der Waals surface area contributed by atoms with E-state index in [1.807, 2.05) is 24.3 Å². The van der Waals surface area contributed by atoms with Gasteiger partial charge >= 0.3 is 6.03 Å². The number of urea groups is 1. The molecule has 0 atom stereocenters. The number of sulfone groups is 1. The number of rotatable bonds is 4. The van der Waals surface area contributed by atoms with Gasteiger partial charge in [0.2, 0.25) is 0 Å². The fourth-order valence-electron chi connectivity index (χ4n) is 2.31. The number of para-hydroxylation sites is 1. The van der Waals surface area contributed by atoms with Gasteiger partial charge in [-0.3, -0.25) is 0 Å². The first-order valence-corrected chi connectivity index (χ1v) is 9.50. The molecule has 8 heteroatoms. The van der Waals surface area contributed by atoms with Crippen molar-refractivity contribution in [2.24, 2.45) is 0 Å². The second kappa shape index (κ2) is 7.19. The number of hydrogen-bond donors (Lipinski definition) is 1. The summed E-state index contributed by atoms with van der Waals surface area (Å²) in [5.41, 5.74) is 0.973. The maximum atomic E-state index is 12.0. The van der Waals surface area contributed by atoms with Crippen molar-refractivity contribution in [3.63, 3.8) is 0 Å². The van der Waals surface area contributed by atoms with Gasteiger partial charge < -0.3 is 15.1 Å². The van der Waals surface area contributed by atoms with Crippen molar-refractivity contribution >= 4 is 33.2 Å². The highest BCUT2D eigenvalue weighted by atomic mass is 35.5. The molecule has 1 aliphatic rings. The molecular weight excluding hydrogens is 326 g/mol. The van der Waals surface area contributed by atoms with Crippen LogP contribution in [-0.2, 0) is 9.84 Å². The van der Waals surface area contributed by atoms with Crippen LogP contribution in [-0.4, -0.2) is 64.1 Å². The molecule has 1 aromatic carbocycles. The molecule has 1 aromatic rings. The summed E-state index contributed by atoms with van der Waals surface area (Å²) in [6, 6.07) is 7.41. The Labute approximate surface area is 136 Å². The van der Waals surface area contributed by atoms with Crippen molar-refractivity contribution in [3.8, 4) is 0 Å². The van der Waals surface area contributed by atoms with E-state index >= 15 is 0 Å². The third-order valence-corrected chi connectivity index (χ3v) is 4.77. The number of carbonyl (C=O) groups is 1. The van der Waals surface area contributed by atoms with E-state index in [9.17, 15) is 13.2 Å². The summed E-state index contributed by atoms with van der Waals surface area (Å²) >= 11 is 6.18. The van der Waals surface area contributed by atoms with Crippen LogP contribution in [0.5, 0.6) is 0 Å². The Morgan fingerprint density at radius 1 is 1.23 bits per heavy atom. The standard InChI is InChI=1S/C14H20ClN3O3S/c1-22(20,21)11-6-16-14(19)18-9-7-17(8-10-18)13-5-3-2-4-12(13)15/h2-5H,6-11H2,1H3,(H,16,19). The first-order valence-electron chi connectivity index (χ1n) is 7.07. The van der Waals surface area contributed by atoms with E-state index in [-0.39, 0.29) is 18.3 Å². The molecule has 1 fully saturated rings. The summed E-state index contributed by atoms with van der Waals surface area (Å²) in [4.78, 5) is 15.8. The van der Waals surface area contributed by atoms with Crippen molar-refractivity contribution in [3.05, 3.63) is 29.3 Å². The van der Waals surface area contributed by atoms with Crippen molar-refractivity contribution in [1.82, 2.24) is 10.2 Å². The molecule has 1 aliphatic heterocycles. The topological polar surface area (TPSA) is 69.7 Å². The van der Waals surface area contributed by atoms with Crippen LogP contribution in [0, 0.1) is 0 Å². The number of anilines is 1. The Balaban J connectivity index is 1.82. The number of nitrogens with zero attached hydrogens (tertiary/aromatic N) is 2. The van der Waals surface area contributed by atoms with E-state index in [2.05, 4.69) is 10.2 Å². The van der Waals surface area contributed by atoms with Gasteiger partial charge in [0.1, 0.15) is 9.84 Å². The highest BCUT2D eigenvalue weighted by Crippen LogP contribution is 2.25. The van der Waals surface area contributed by atoms with Gasteiger partial charge in [-0.15, -0.1) is 0 Å². The smallest absolute Gasteiger partial charge is 0.317 e. The highest BCUT2D eigenvalue weighted by molar-refractivity contribution is 7.90. The Morgan fingerprint density at radius 3 is 2.45 bits per heavy atom. The van der Waals surface area contributed by atoms with Gasteiger partial charge in [0.15, 0.2) is 0 Å². The lowest BCUT2D eigenvalue weighted by Crippen LogP contribution is -2.52. The van der Waals surface area contributed by atoms with Crippen LogP contribution in [0.3, 0.4) is 0 Å². The maximum absolute atomic E-state index is 12.0. The number of hydrogen-bond acceptors (Lipinski definition) is 4. The predicted molar refractivity (Wildman–Crippen MR) is 88.3 cm³/mol. The van der Waals surface area contributed by atoms with E-state index in [0.29, 0.717) is 31.2 Å². The van der Waals surface area contributed by atoms with Crippen LogP contribution in [0.25, 0.3) is 0 Å². The number of nitrogens with one attached hydrogen (secondary N) is 1. The second-order valence-electron chi connectivity index (χ2n) is 5.29. The molecule has 2 amide bonds. The van der Waals surface area contributed by atoms with E-state index in [0.717, 1.165) is 11.9 Å². The molecule has 122 valence electrons. The lowest BCUT2D eigenvalue weighted by Gasteiger charge is -2.36. The summed E-state index contributed by atoms with van der Waals surface area (Å²) in [6.07, 6.45) is 1.15. The highest BCUT2D eigenvalue weighted by Gasteiger charge is 2.22. The minimum Gasteiger partial charge on any atom is -0.367 e. The Bertz CT molecular complexity index is 628. The van der Waals surface area contributed by atoms with E-state index in [1.165, 1.54) is 0 Å². The van der Waals surface area contributed by atoms with Gasteiger partial charge in [0.05, 0.1) is 16.5 Å². The summed E-state index contributed by atoms with van der Waals surface area (Å²) in [6.45, 7) is 2.70. The van der Waals surface area contributed by atoms with Gasteiger partial charge in [-0.1, -0.05) is 23.7 Å². The molecule has 1 saturated heterocycles. The van der Waals surface area contributed by atoms with E-state index in [1.54, 1.807) is 4.90 Å². The zero-order chi connectivity index (χ0) is 16.2. The maximum Gasteiger partial charge on any atom is 0.317 e. The number of amides is 2. The molecule has 0 unspecified atom stereocenters. The average molecular weight is 346 g/mol. The normalized spacial score (nSPS) is 15.7. The summed E-state index contributed by atoms with van der Waals surface area (Å²) in [5.74, 6) is -0.0433. The average Bonchev–Trinajstić information content (AvgIpc) is 2.46. The molecule has 1 N–H and O–H groups in total. The van der Waals surface area contributed by atoms with Crippen LogP contribution in [0.1, 0.15) is 0 Å². The van der Waals surface area contributed by atoms with E-state index in [4.69, 9.17) is 11.6 Å². The molecule has 0 aromatic heterocycles. The third-order valence-electron chi connectivity index (χ3n) is 3.51. The first kappa shape index (κ1) is 16.9. The molecule has 6 nitrogen and oxygen atoms in total. The second-order valence-corrected chi connectivity index (χ2v) is 7.95. The van der Waals surface area contributed by atoms with Crippen molar-refractivity contribution in [2.45, 2.75) is 0 Å². The summed E-state index contributed by atoms with van der Waals surface area (Å²) in [7, 11) is -3.06. The third kappa shape index (κ3) is 4.78. The zero-order valence-electron chi connectivity index (χ0n) is 12.5. The Hall–Kier alpha value is -1.47. The molecule has 0 radical (unpaired) electrons. The van der Waals surface area contributed by atoms with Crippen LogP contribution in [0.4, 0.5) is 10.5 Å².